The number of fused-ring (bicyclic) bond motifs is 1. The first-order valence-electron chi connectivity index (χ1n) is 9.53. The van der Waals surface area contributed by atoms with Gasteiger partial charge in [-0.25, -0.2) is 9.97 Å². The van der Waals surface area contributed by atoms with Crippen molar-refractivity contribution < 1.29 is 9.53 Å². The first-order valence-corrected chi connectivity index (χ1v) is 9.53. The van der Waals surface area contributed by atoms with Gasteiger partial charge in [0, 0.05) is 24.4 Å². The Morgan fingerprint density at radius 1 is 1.16 bits per heavy atom. The van der Waals surface area contributed by atoms with Crippen molar-refractivity contribution in [1.29, 1.82) is 5.26 Å². The normalized spacial score (nSPS) is 10.5. The maximum absolute atomic E-state index is 12.8. The summed E-state index contributed by atoms with van der Waals surface area (Å²) in [7, 11) is 3.44. The molecule has 8 heteroatoms. The summed E-state index contributed by atoms with van der Waals surface area (Å²) in [4.78, 5) is 21.7. The van der Waals surface area contributed by atoms with Crippen LogP contribution in [0.3, 0.4) is 0 Å². The number of aromatic nitrogens is 3. The van der Waals surface area contributed by atoms with E-state index in [0.29, 0.717) is 34.0 Å². The molecule has 0 fully saturated rings. The molecule has 2 heterocycles. The van der Waals surface area contributed by atoms with Crippen LogP contribution in [0.5, 0.6) is 5.75 Å². The summed E-state index contributed by atoms with van der Waals surface area (Å²) in [6, 6.07) is 16.2. The van der Waals surface area contributed by atoms with Crippen LogP contribution >= 0.6 is 0 Å². The SMILES string of the molecule is COc1ccc(C(=O)Nc2nc(Nc3cc(C#N)ccc3C)cc3c2ncn3C)cc1. The highest BCUT2D eigenvalue weighted by molar-refractivity contribution is 6.07. The number of carbonyl (C=O) groups excluding carboxylic acids is 1. The van der Waals surface area contributed by atoms with Gasteiger partial charge in [-0.2, -0.15) is 5.26 Å². The highest BCUT2D eigenvalue weighted by Crippen LogP contribution is 2.27. The van der Waals surface area contributed by atoms with Crippen LogP contribution in [0.15, 0.2) is 54.9 Å². The third-order valence-electron chi connectivity index (χ3n) is 4.93. The van der Waals surface area contributed by atoms with E-state index in [-0.39, 0.29) is 5.91 Å². The quantitative estimate of drug-likeness (QED) is 0.510. The molecule has 2 aromatic carbocycles. The number of imidazole rings is 1. The van der Waals surface area contributed by atoms with E-state index < -0.39 is 0 Å². The topological polar surface area (TPSA) is 105 Å². The predicted molar refractivity (Wildman–Crippen MR) is 119 cm³/mol. The molecular weight excluding hydrogens is 392 g/mol. The predicted octanol–water partition coefficient (Wildman–Crippen LogP) is 4.15. The third-order valence-corrected chi connectivity index (χ3v) is 4.93. The van der Waals surface area contributed by atoms with E-state index in [2.05, 4.69) is 26.7 Å². The van der Waals surface area contributed by atoms with E-state index in [0.717, 1.165) is 16.8 Å². The third kappa shape index (κ3) is 4.02. The molecule has 4 rings (SSSR count). The van der Waals surface area contributed by atoms with E-state index in [9.17, 15) is 10.1 Å². The molecule has 0 radical (unpaired) electrons. The maximum Gasteiger partial charge on any atom is 0.256 e. The summed E-state index contributed by atoms with van der Waals surface area (Å²) in [5.41, 5.74) is 4.13. The zero-order valence-corrected chi connectivity index (χ0v) is 17.3. The number of hydrogen-bond acceptors (Lipinski definition) is 6. The average Bonchev–Trinajstić information content (AvgIpc) is 3.16. The molecule has 4 aromatic rings. The summed E-state index contributed by atoms with van der Waals surface area (Å²) >= 11 is 0. The number of carbonyl (C=O) groups is 1. The maximum atomic E-state index is 12.8. The van der Waals surface area contributed by atoms with Gasteiger partial charge < -0.3 is 19.9 Å². The Balaban J connectivity index is 1.70. The van der Waals surface area contributed by atoms with Crippen LogP contribution in [-0.2, 0) is 7.05 Å². The molecule has 8 nitrogen and oxygen atoms in total. The second-order valence-electron chi connectivity index (χ2n) is 7.03. The summed E-state index contributed by atoms with van der Waals surface area (Å²) in [5, 5.41) is 15.3. The number of ether oxygens (including phenoxy) is 1. The van der Waals surface area contributed by atoms with Crippen molar-refractivity contribution in [3.05, 3.63) is 71.5 Å². The second-order valence-corrected chi connectivity index (χ2v) is 7.03. The van der Waals surface area contributed by atoms with Crippen LogP contribution in [0.2, 0.25) is 0 Å². The van der Waals surface area contributed by atoms with E-state index in [4.69, 9.17) is 4.74 Å². The van der Waals surface area contributed by atoms with Gasteiger partial charge in [0.2, 0.25) is 0 Å². The molecule has 0 spiro atoms. The van der Waals surface area contributed by atoms with Crippen molar-refractivity contribution in [2.45, 2.75) is 6.92 Å². The molecule has 0 aliphatic rings. The average molecular weight is 412 g/mol. The van der Waals surface area contributed by atoms with E-state index in [1.54, 1.807) is 49.8 Å². The lowest BCUT2D eigenvalue weighted by Gasteiger charge is -2.12. The van der Waals surface area contributed by atoms with Gasteiger partial charge >= 0.3 is 0 Å². The molecule has 31 heavy (non-hydrogen) atoms. The molecule has 2 aromatic heterocycles. The lowest BCUT2D eigenvalue weighted by molar-refractivity contribution is 0.102. The number of nitriles is 1. The number of pyridine rings is 1. The highest BCUT2D eigenvalue weighted by atomic mass is 16.5. The number of nitrogens with zero attached hydrogens (tertiary/aromatic N) is 4. The van der Waals surface area contributed by atoms with Gasteiger partial charge in [0.1, 0.15) is 17.1 Å². The van der Waals surface area contributed by atoms with E-state index in [1.807, 2.05) is 30.7 Å². The molecule has 0 unspecified atom stereocenters. The van der Waals surface area contributed by atoms with Gasteiger partial charge in [0.05, 0.1) is 30.6 Å². The lowest BCUT2D eigenvalue weighted by Crippen LogP contribution is -2.14. The molecule has 2 N–H and O–H groups in total. The van der Waals surface area contributed by atoms with Crippen LogP contribution in [0.25, 0.3) is 11.0 Å². The number of aryl methyl sites for hydroxylation is 2. The summed E-state index contributed by atoms with van der Waals surface area (Å²) < 4.78 is 6.99. The number of methoxy groups -OCH3 is 1. The van der Waals surface area contributed by atoms with E-state index in [1.165, 1.54) is 0 Å². The lowest BCUT2D eigenvalue weighted by atomic mass is 10.1. The second kappa shape index (κ2) is 8.16. The Morgan fingerprint density at radius 3 is 2.65 bits per heavy atom. The number of benzene rings is 2. The van der Waals surface area contributed by atoms with Gasteiger partial charge in [-0.1, -0.05) is 6.07 Å². The van der Waals surface area contributed by atoms with Crippen LogP contribution in [0.4, 0.5) is 17.3 Å². The highest BCUT2D eigenvalue weighted by Gasteiger charge is 2.15. The molecule has 0 aliphatic carbocycles. The number of anilines is 3. The Bertz CT molecular complexity index is 1320. The summed E-state index contributed by atoms with van der Waals surface area (Å²) in [6.45, 7) is 1.94. The van der Waals surface area contributed by atoms with Crippen LogP contribution in [-0.4, -0.2) is 27.6 Å². The zero-order valence-electron chi connectivity index (χ0n) is 17.3. The summed E-state index contributed by atoms with van der Waals surface area (Å²) in [5.74, 6) is 1.24. The van der Waals surface area contributed by atoms with Crippen molar-refractivity contribution >= 4 is 34.3 Å². The first kappa shape index (κ1) is 19.9. The van der Waals surface area contributed by atoms with Gasteiger partial charge in [0.25, 0.3) is 5.91 Å². The van der Waals surface area contributed by atoms with Crippen LogP contribution < -0.4 is 15.4 Å². The monoisotopic (exact) mass is 412 g/mol. The Labute approximate surface area is 179 Å². The number of nitrogens with one attached hydrogen (secondary N) is 2. The fourth-order valence-electron chi connectivity index (χ4n) is 3.17. The minimum absolute atomic E-state index is 0.304. The summed E-state index contributed by atoms with van der Waals surface area (Å²) in [6.07, 6.45) is 1.67. The van der Waals surface area contributed by atoms with Gasteiger partial charge in [0.15, 0.2) is 5.82 Å². The molecule has 0 bridgehead atoms. The van der Waals surface area contributed by atoms with Crippen molar-refractivity contribution in [3.63, 3.8) is 0 Å². The Morgan fingerprint density at radius 2 is 1.94 bits per heavy atom. The standard InChI is InChI=1S/C23H20N6O2/c1-14-4-5-15(12-24)10-18(14)26-20-11-19-21(25-13-29(19)2)22(27-20)28-23(30)16-6-8-17(31-3)9-7-16/h4-11,13H,1-3H3,(H2,26,27,28,30). The number of amides is 1. The van der Waals surface area contributed by atoms with Gasteiger partial charge in [-0.15, -0.1) is 0 Å². The van der Waals surface area contributed by atoms with Crippen LogP contribution in [0.1, 0.15) is 21.5 Å². The van der Waals surface area contributed by atoms with Crippen molar-refractivity contribution in [2.75, 3.05) is 17.7 Å². The Hall–Kier alpha value is -4.38. The smallest absolute Gasteiger partial charge is 0.256 e. The molecule has 1 amide bonds. The Kier molecular flexibility index (Phi) is 5.24. The largest absolute Gasteiger partial charge is 0.497 e. The molecule has 0 atom stereocenters. The van der Waals surface area contributed by atoms with E-state index >= 15 is 0 Å². The molecule has 0 saturated heterocycles. The van der Waals surface area contributed by atoms with Crippen LogP contribution in [0, 0.1) is 18.3 Å². The fraction of sp³-hybridized carbons (Fsp3) is 0.130. The van der Waals surface area contributed by atoms with Crippen molar-refractivity contribution in [2.24, 2.45) is 7.05 Å². The zero-order chi connectivity index (χ0) is 22.0. The molecule has 154 valence electrons. The molecule has 0 aliphatic heterocycles. The molecular formula is C23H20N6O2. The van der Waals surface area contributed by atoms with Gasteiger partial charge in [-0.3, -0.25) is 4.79 Å². The van der Waals surface area contributed by atoms with Crippen molar-refractivity contribution in [1.82, 2.24) is 14.5 Å². The minimum Gasteiger partial charge on any atom is -0.497 e. The van der Waals surface area contributed by atoms with Crippen molar-refractivity contribution in [3.8, 4) is 11.8 Å². The number of hydrogen-bond donors (Lipinski definition) is 2. The molecule has 0 saturated carbocycles. The first-order chi connectivity index (χ1) is 15.0. The minimum atomic E-state index is -0.304. The fourth-order valence-corrected chi connectivity index (χ4v) is 3.17. The number of rotatable bonds is 5. The van der Waals surface area contributed by atoms with Gasteiger partial charge in [-0.05, 0) is 48.9 Å².